The third-order valence-corrected chi connectivity index (χ3v) is 1.63. The summed E-state index contributed by atoms with van der Waals surface area (Å²) in [5.74, 6) is 5.99. The SMILES string of the molecule is CNCC#Cc1ccc(N=C=S)cc1. The lowest BCUT2D eigenvalue weighted by atomic mass is 10.2. The van der Waals surface area contributed by atoms with Gasteiger partial charge in [0.1, 0.15) is 0 Å². The van der Waals surface area contributed by atoms with Crippen molar-refractivity contribution < 1.29 is 0 Å². The van der Waals surface area contributed by atoms with Crippen molar-refractivity contribution in [2.75, 3.05) is 13.6 Å². The van der Waals surface area contributed by atoms with Crippen LogP contribution in [0.5, 0.6) is 0 Å². The summed E-state index contributed by atoms with van der Waals surface area (Å²) < 4.78 is 0. The van der Waals surface area contributed by atoms with Crippen LogP contribution >= 0.6 is 12.2 Å². The van der Waals surface area contributed by atoms with Crippen LogP contribution in [0.2, 0.25) is 0 Å². The van der Waals surface area contributed by atoms with Gasteiger partial charge in [-0.15, -0.1) is 0 Å². The number of hydrogen-bond donors (Lipinski definition) is 1. The van der Waals surface area contributed by atoms with E-state index >= 15 is 0 Å². The molecule has 0 heterocycles. The molecule has 0 aliphatic carbocycles. The van der Waals surface area contributed by atoms with Gasteiger partial charge in [-0.25, -0.2) is 0 Å². The Morgan fingerprint density at radius 3 is 2.64 bits per heavy atom. The van der Waals surface area contributed by atoms with Crippen LogP contribution < -0.4 is 5.32 Å². The molecule has 0 aliphatic heterocycles. The molecule has 0 radical (unpaired) electrons. The Kier molecular flexibility index (Phi) is 4.60. The molecule has 1 N–H and O–H groups in total. The molecule has 0 saturated carbocycles. The standard InChI is InChI=1S/C11H10N2S/c1-12-8-2-3-10-4-6-11(7-5-10)13-9-14/h4-7,12H,8H2,1H3. The van der Waals surface area contributed by atoms with Crippen molar-refractivity contribution in [1.29, 1.82) is 0 Å². The minimum Gasteiger partial charge on any atom is -0.309 e. The van der Waals surface area contributed by atoms with E-state index in [4.69, 9.17) is 0 Å². The number of nitrogens with one attached hydrogen (secondary N) is 1. The minimum absolute atomic E-state index is 0.694. The zero-order valence-electron chi connectivity index (χ0n) is 7.87. The quantitative estimate of drug-likeness (QED) is 0.450. The summed E-state index contributed by atoms with van der Waals surface area (Å²) in [6, 6.07) is 7.55. The highest BCUT2D eigenvalue weighted by atomic mass is 32.1. The van der Waals surface area contributed by atoms with Crippen molar-refractivity contribution >= 4 is 23.1 Å². The summed E-state index contributed by atoms with van der Waals surface area (Å²) in [5, 5.41) is 5.27. The number of benzene rings is 1. The van der Waals surface area contributed by atoms with Crippen LogP contribution in [-0.4, -0.2) is 18.8 Å². The van der Waals surface area contributed by atoms with Crippen LogP contribution in [0.4, 0.5) is 5.69 Å². The molecule has 0 aromatic heterocycles. The van der Waals surface area contributed by atoms with E-state index in [0.29, 0.717) is 6.54 Å². The number of nitrogens with zero attached hydrogens (tertiary/aromatic N) is 1. The Morgan fingerprint density at radius 1 is 1.36 bits per heavy atom. The number of aliphatic imine (C=N–C) groups is 1. The van der Waals surface area contributed by atoms with E-state index in [1.807, 2.05) is 31.3 Å². The van der Waals surface area contributed by atoms with Crippen LogP contribution in [0.15, 0.2) is 29.3 Å². The fourth-order valence-electron chi connectivity index (χ4n) is 0.907. The maximum atomic E-state index is 4.50. The molecule has 2 nitrogen and oxygen atoms in total. The van der Waals surface area contributed by atoms with Crippen molar-refractivity contribution in [3.63, 3.8) is 0 Å². The van der Waals surface area contributed by atoms with Gasteiger partial charge in [0.25, 0.3) is 0 Å². The predicted octanol–water partition coefficient (Wildman–Crippen LogP) is 1.99. The third kappa shape index (κ3) is 3.51. The molecule has 1 aromatic rings. The van der Waals surface area contributed by atoms with Crippen molar-refractivity contribution in [3.05, 3.63) is 29.8 Å². The number of rotatable bonds is 2. The summed E-state index contributed by atoms with van der Waals surface area (Å²) in [7, 11) is 1.87. The Hall–Kier alpha value is -1.46. The average Bonchev–Trinajstić information content (AvgIpc) is 2.21. The lowest BCUT2D eigenvalue weighted by Crippen LogP contribution is -2.04. The summed E-state index contributed by atoms with van der Waals surface area (Å²) in [6.45, 7) is 0.694. The van der Waals surface area contributed by atoms with Gasteiger partial charge >= 0.3 is 0 Å². The molecule has 0 aliphatic rings. The molecule has 0 spiro atoms. The van der Waals surface area contributed by atoms with E-state index < -0.39 is 0 Å². The molecular formula is C11H10N2S. The van der Waals surface area contributed by atoms with Gasteiger partial charge in [-0.2, -0.15) is 4.99 Å². The smallest absolute Gasteiger partial charge is 0.0740 e. The first-order chi connectivity index (χ1) is 6.86. The Labute approximate surface area is 89.1 Å². The van der Waals surface area contributed by atoms with Gasteiger partial charge in [-0.3, -0.25) is 0 Å². The van der Waals surface area contributed by atoms with E-state index in [1.165, 1.54) is 0 Å². The number of isothiocyanates is 1. The van der Waals surface area contributed by atoms with Crippen LogP contribution in [-0.2, 0) is 0 Å². The minimum atomic E-state index is 0.694. The van der Waals surface area contributed by atoms with E-state index in [9.17, 15) is 0 Å². The van der Waals surface area contributed by atoms with E-state index in [-0.39, 0.29) is 0 Å². The van der Waals surface area contributed by atoms with E-state index in [1.54, 1.807) is 0 Å². The molecule has 1 aromatic carbocycles. The molecule has 0 amide bonds. The summed E-state index contributed by atoms with van der Waals surface area (Å²) in [5.41, 5.74) is 1.78. The second-order valence-electron chi connectivity index (χ2n) is 2.58. The molecule has 3 heteroatoms. The third-order valence-electron chi connectivity index (χ3n) is 1.54. The van der Waals surface area contributed by atoms with Crippen molar-refractivity contribution in [2.45, 2.75) is 0 Å². The molecule has 0 atom stereocenters. The lowest BCUT2D eigenvalue weighted by molar-refractivity contribution is 0.938. The van der Waals surface area contributed by atoms with Gasteiger partial charge in [0.2, 0.25) is 0 Å². The van der Waals surface area contributed by atoms with Crippen LogP contribution in [0.25, 0.3) is 0 Å². The molecule has 0 fully saturated rings. The fraction of sp³-hybridized carbons (Fsp3) is 0.182. The lowest BCUT2D eigenvalue weighted by Gasteiger charge is -1.91. The topological polar surface area (TPSA) is 24.4 Å². The largest absolute Gasteiger partial charge is 0.309 e. The molecule has 14 heavy (non-hydrogen) atoms. The van der Waals surface area contributed by atoms with E-state index in [2.05, 4.69) is 39.5 Å². The maximum Gasteiger partial charge on any atom is 0.0740 e. The molecule has 0 unspecified atom stereocenters. The molecule has 0 saturated heterocycles. The predicted molar refractivity (Wildman–Crippen MR) is 61.9 cm³/mol. The number of hydrogen-bond acceptors (Lipinski definition) is 3. The van der Waals surface area contributed by atoms with Gasteiger partial charge in [0, 0.05) is 5.56 Å². The zero-order chi connectivity index (χ0) is 10.2. The number of thiocarbonyl (C=S) groups is 1. The highest BCUT2D eigenvalue weighted by Crippen LogP contribution is 2.11. The molecule has 0 bridgehead atoms. The van der Waals surface area contributed by atoms with Crippen LogP contribution in [0.3, 0.4) is 0 Å². The first-order valence-electron chi connectivity index (χ1n) is 4.18. The highest BCUT2D eigenvalue weighted by Gasteiger charge is 1.87. The van der Waals surface area contributed by atoms with E-state index in [0.717, 1.165) is 11.3 Å². The molecular weight excluding hydrogens is 192 g/mol. The average molecular weight is 202 g/mol. The summed E-state index contributed by atoms with van der Waals surface area (Å²) in [4.78, 5) is 3.85. The highest BCUT2D eigenvalue weighted by molar-refractivity contribution is 7.78. The van der Waals surface area contributed by atoms with Crippen LogP contribution in [0.1, 0.15) is 5.56 Å². The van der Waals surface area contributed by atoms with Crippen LogP contribution in [0, 0.1) is 11.8 Å². The normalized spacial score (nSPS) is 8.36. The van der Waals surface area contributed by atoms with Gasteiger partial charge in [-0.05, 0) is 43.5 Å². The second kappa shape index (κ2) is 6.06. The zero-order valence-corrected chi connectivity index (χ0v) is 8.69. The molecule has 1 rings (SSSR count). The molecule has 70 valence electrons. The maximum absolute atomic E-state index is 4.50. The summed E-state index contributed by atoms with van der Waals surface area (Å²) >= 11 is 4.50. The van der Waals surface area contributed by atoms with Crippen molar-refractivity contribution in [1.82, 2.24) is 5.32 Å². The van der Waals surface area contributed by atoms with Gasteiger partial charge < -0.3 is 5.32 Å². The Morgan fingerprint density at radius 2 is 2.07 bits per heavy atom. The Bertz CT molecular complexity index is 392. The summed E-state index contributed by atoms with van der Waals surface area (Å²) in [6.07, 6.45) is 0. The van der Waals surface area contributed by atoms with Crippen molar-refractivity contribution in [2.24, 2.45) is 4.99 Å². The first kappa shape index (κ1) is 10.6. The second-order valence-corrected chi connectivity index (χ2v) is 2.76. The van der Waals surface area contributed by atoms with Gasteiger partial charge in [0.15, 0.2) is 0 Å². The monoisotopic (exact) mass is 202 g/mol. The van der Waals surface area contributed by atoms with Gasteiger partial charge in [0.05, 0.1) is 17.4 Å². The first-order valence-corrected chi connectivity index (χ1v) is 4.59. The van der Waals surface area contributed by atoms with Gasteiger partial charge in [-0.1, -0.05) is 11.8 Å². The Balaban J connectivity index is 2.74. The van der Waals surface area contributed by atoms with Crippen molar-refractivity contribution in [3.8, 4) is 11.8 Å². The fourth-order valence-corrected chi connectivity index (χ4v) is 1.01.